The van der Waals surface area contributed by atoms with E-state index >= 15 is 0 Å². The third kappa shape index (κ3) is 2.64. The molecule has 1 unspecified atom stereocenters. The Morgan fingerprint density at radius 2 is 2.46 bits per heavy atom. The molecule has 1 aliphatic heterocycles. The predicted molar refractivity (Wildman–Crippen MR) is 47.8 cm³/mol. The van der Waals surface area contributed by atoms with E-state index in [0.29, 0.717) is 5.76 Å². The first kappa shape index (κ1) is 9.88. The zero-order chi connectivity index (χ0) is 9.84. The maximum atomic E-state index is 9.00. The second kappa shape index (κ2) is 4.15. The summed E-state index contributed by atoms with van der Waals surface area (Å²) in [4.78, 5) is 0. The van der Waals surface area contributed by atoms with Crippen LogP contribution in [0.25, 0.3) is 0 Å². The first-order valence-electron chi connectivity index (χ1n) is 3.98. The summed E-state index contributed by atoms with van der Waals surface area (Å²) < 4.78 is 4.99. The topological polar surface area (TPSA) is 91.0 Å². The molecule has 1 rings (SSSR count). The molecule has 0 saturated carbocycles. The molecule has 74 valence electrons. The molecule has 13 heavy (non-hydrogen) atoms. The van der Waals surface area contributed by atoms with E-state index in [1.807, 2.05) is 0 Å². The monoisotopic (exact) mass is 186 g/mol. The largest absolute Gasteiger partial charge is 0.509 e. The van der Waals surface area contributed by atoms with Crippen LogP contribution < -0.4 is 11.1 Å². The molecule has 1 saturated heterocycles. The zero-order valence-corrected chi connectivity index (χ0v) is 7.23. The van der Waals surface area contributed by atoms with Crippen molar-refractivity contribution in [2.45, 2.75) is 12.1 Å². The molecule has 2 atom stereocenters. The van der Waals surface area contributed by atoms with Gasteiger partial charge >= 0.3 is 0 Å². The summed E-state index contributed by atoms with van der Waals surface area (Å²) in [6.45, 7) is 3.74. The van der Waals surface area contributed by atoms with E-state index in [9.17, 15) is 0 Å². The van der Waals surface area contributed by atoms with E-state index in [0.717, 1.165) is 6.20 Å². The molecule has 0 radical (unpaired) electrons. The molecule has 0 bridgehead atoms. The zero-order valence-electron chi connectivity index (χ0n) is 7.23. The van der Waals surface area contributed by atoms with Gasteiger partial charge in [0, 0.05) is 6.20 Å². The molecular formula is C8H14N2O3. The fraction of sp³-hybridized carbons (Fsp3) is 0.500. The van der Waals surface area contributed by atoms with Gasteiger partial charge in [0.25, 0.3) is 0 Å². The van der Waals surface area contributed by atoms with Crippen molar-refractivity contribution >= 4 is 0 Å². The molecule has 5 heteroatoms. The lowest BCUT2D eigenvalue weighted by molar-refractivity contribution is 0.210. The van der Waals surface area contributed by atoms with Crippen molar-refractivity contribution in [3.63, 3.8) is 0 Å². The molecule has 5 N–H and O–H groups in total. The molecule has 1 aliphatic rings. The molecule has 0 aromatic carbocycles. The summed E-state index contributed by atoms with van der Waals surface area (Å²) in [7, 11) is 0. The Kier molecular flexibility index (Phi) is 3.16. The Morgan fingerprint density at radius 1 is 1.85 bits per heavy atom. The lowest BCUT2D eigenvalue weighted by atomic mass is 10.2. The first-order chi connectivity index (χ1) is 6.19. The van der Waals surface area contributed by atoms with Gasteiger partial charge in [-0.15, -0.1) is 0 Å². The van der Waals surface area contributed by atoms with Gasteiger partial charge in [-0.3, -0.25) is 0 Å². The lowest BCUT2D eigenvalue weighted by Crippen LogP contribution is -2.38. The van der Waals surface area contributed by atoms with Crippen molar-refractivity contribution in [2.75, 3.05) is 13.2 Å². The summed E-state index contributed by atoms with van der Waals surface area (Å²) in [6.07, 6.45) is 0.958. The van der Waals surface area contributed by atoms with Gasteiger partial charge in [-0.2, -0.15) is 0 Å². The number of hydrogen-bond donors (Lipinski definition) is 4. The number of nitrogens with one attached hydrogen (secondary N) is 1. The number of epoxide rings is 1. The van der Waals surface area contributed by atoms with Crippen LogP contribution in [0, 0.1) is 0 Å². The molecule has 0 amide bonds. The standard InChI is InChI=1S/C8H14N2O3/c1-5-8(13-5)7(4-11)10-3-6(12)2-9/h2,7-8,10-12H,1,3-4,9H2/b6-2-/t7-,8?/m0/s1. The summed E-state index contributed by atoms with van der Waals surface area (Å²) in [5, 5.41) is 20.8. The highest BCUT2D eigenvalue weighted by molar-refractivity contribution is 5.13. The number of hydrogen-bond acceptors (Lipinski definition) is 5. The number of ether oxygens (including phenoxy) is 1. The molecule has 0 spiro atoms. The van der Waals surface area contributed by atoms with E-state index in [-0.39, 0.29) is 31.1 Å². The van der Waals surface area contributed by atoms with E-state index in [4.69, 9.17) is 20.7 Å². The summed E-state index contributed by atoms with van der Waals surface area (Å²) >= 11 is 0. The van der Waals surface area contributed by atoms with Gasteiger partial charge in [0.1, 0.15) is 11.5 Å². The molecule has 0 aliphatic carbocycles. The average Bonchev–Trinajstić information content (AvgIpc) is 2.83. The Balaban J connectivity index is 2.28. The van der Waals surface area contributed by atoms with Crippen molar-refractivity contribution in [2.24, 2.45) is 5.73 Å². The van der Waals surface area contributed by atoms with E-state index < -0.39 is 0 Å². The van der Waals surface area contributed by atoms with Crippen LogP contribution in [0.2, 0.25) is 0 Å². The van der Waals surface area contributed by atoms with Gasteiger partial charge in [0.05, 0.1) is 19.2 Å². The molecule has 1 heterocycles. The lowest BCUT2D eigenvalue weighted by Gasteiger charge is -2.11. The highest BCUT2D eigenvalue weighted by Crippen LogP contribution is 2.27. The number of aliphatic hydroxyl groups is 2. The average molecular weight is 186 g/mol. The van der Waals surface area contributed by atoms with Gasteiger partial charge in [0.2, 0.25) is 0 Å². The highest BCUT2D eigenvalue weighted by atomic mass is 16.6. The van der Waals surface area contributed by atoms with Crippen LogP contribution in [0.15, 0.2) is 24.3 Å². The normalized spacial score (nSPS) is 23.9. The van der Waals surface area contributed by atoms with Crippen LogP contribution in [-0.2, 0) is 4.74 Å². The second-order valence-electron chi connectivity index (χ2n) is 2.83. The summed E-state index contributed by atoms with van der Waals surface area (Å²) in [6, 6.07) is -0.227. The Labute approximate surface area is 76.5 Å². The van der Waals surface area contributed by atoms with Crippen LogP contribution >= 0.6 is 0 Å². The van der Waals surface area contributed by atoms with Gasteiger partial charge in [-0.1, -0.05) is 6.58 Å². The van der Waals surface area contributed by atoms with Gasteiger partial charge in [-0.05, 0) is 0 Å². The van der Waals surface area contributed by atoms with Crippen molar-refractivity contribution < 1.29 is 14.9 Å². The SMILES string of the molecule is C=C1OC1[C@H](CO)NC/C(O)=C/N. The van der Waals surface area contributed by atoms with E-state index in [1.165, 1.54) is 0 Å². The molecule has 0 aromatic heterocycles. The quantitative estimate of drug-likeness (QED) is 0.333. The Bertz CT molecular complexity index is 227. The number of nitrogens with two attached hydrogens (primary N) is 1. The Morgan fingerprint density at radius 3 is 2.85 bits per heavy atom. The number of aliphatic hydroxyl groups excluding tert-OH is 2. The van der Waals surface area contributed by atoms with E-state index in [2.05, 4.69) is 11.9 Å². The molecule has 1 fully saturated rings. The smallest absolute Gasteiger partial charge is 0.172 e. The van der Waals surface area contributed by atoms with Gasteiger partial charge < -0.3 is 26.0 Å². The minimum atomic E-state index is -0.227. The second-order valence-corrected chi connectivity index (χ2v) is 2.83. The predicted octanol–water partition coefficient (Wildman–Crippen LogP) is -0.792. The minimum Gasteiger partial charge on any atom is -0.509 e. The number of rotatable bonds is 5. The third-order valence-corrected chi connectivity index (χ3v) is 1.84. The maximum Gasteiger partial charge on any atom is 0.172 e. The minimum absolute atomic E-state index is 0.0321. The fourth-order valence-corrected chi connectivity index (χ4v) is 0.998. The van der Waals surface area contributed by atoms with E-state index in [1.54, 1.807) is 0 Å². The fourth-order valence-electron chi connectivity index (χ4n) is 0.998. The van der Waals surface area contributed by atoms with Gasteiger partial charge in [0.15, 0.2) is 6.10 Å². The highest BCUT2D eigenvalue weighted by Gasteiger charge is 2.38. The van der Waals surface area contributed by atoms with Gasteiger partial charge in [-0.25, -0.2) is 0 Å². The van der Waals surface area contributed by atoms with Crippen LogP contribution in [-0.4, -0.2) is 35.5 Å². The van der Waals surface area contributed by atoms with Crippen molar-refractivity contribution in [1.29, 1.82) is 0 Å². The maximum absolute atomic E-state index is 9.00. The van der Waals surface area contributed by atoms with Crippen LogP contribution in [0.4, 0.5) is 0 Å². The third-order valence-electron chi connectivity index (χ3n) is 1.84. The van der Waals surface area contributed by atoms with Crippen molar-refractivity contribution in [3.05, 3.63) is 24.3 Å². The van der Waals surface area contributed by atoms with Crippen LogP contribution in [0.5, 0.6) is 0 Å². The van der Waals surface area contributed by atoms with Crippen LogP contribution in [0.3, 0.4) is 0 Å². The van der Waals surface area contributed by atoms with Crippen LogP contribution in [0.1, 0.15) is 0 Å². The molecule has 0 aromatic rings. The van der Waals surface area contributed by atoms with Crippen molar-refractivity contribution in [1.82, 2.24) is 5.32 Å². The summed E-state index contributed by atoms with van der Waals surface area (Å²) in [5.41, 5.74) is 5.06. The Hall–Kier alpha value is -1.20. The van der Waals surface area contributed by atoms with Crippen molar-refractivity contribution in [3.8, 4) is 0 Å². The molecule has 5 nitrogen and oxygen atoms in total. The first-order valence-corrected chi connectivity index (χ1v) is 3.98. The summed E-state index contributed by atoms with van der Waals surface area (Å²) in [5.74, 6) is 0.687. The molecular weight excluding hydrogens is 172 g/mol.